The van der Waals surface area contributed by atoms with Gasteiger partial charge in [-0.05, 0) is 19.3 Å². The van der Waals surface area contributed by atoms with Crippen LogP contribution in [0.4, 0.5) is 0 Å². The van der Waals surface area contributed by atoms with Gasteiger partial charge in [0.1, 0.15) is 0 Å². The van der Waals surface area contributed by atoms with Crippen molar-refractivity contribution in [1.29, 1.82) is 0 Å². The summed E-state index contributed by atoms with van der Waals surface area (Å²) in [4.78, 5) is 0. The van der Waals surface area contributed by atoms with E-state index in [4.69, 9.17) is 10.5 Å². The molecule has 0 radical (unpaired) electrons. The average Bonchev–Trinajstić information content (AvgIpc) is 2.15. The first-order valence-electron chi connectivity index (χ1n) is 3.98. The van der Waals surface area contributed by atoms with Crippen LogP contribution in [0.2, 0.25) is 0 Å². The first-order valence-corrected chi connectivity index (χ1v) is 3.98. The molecule has 1 aliphatic rings. The second kappa shape index (κ2) is 2.51. The molecule has 2 atom stereocenters. The standard InChI is InChI=1S/C8H17NO/c1-6(2)8(9)4-5-10-7(8)3/h6-7H,4-5,9H2,1-3H3. The molecule has 0 aromatic carbocycles. The van der Waals surface area contributed by atoms with E-state index in [1.807, 2.05) is 0 Å². The molecule has 0 saturated carbocycles. The van der Waals surface area contributed by atoms with E-state index in [1.165, 1.54) is 0 Å². The summed E-state index contributed by atoms with van der Waals surface area (Å²) in [7, 11) is 0. The summed E-state index contributed by atoms with van der Waals surface area (Å²) in [5.74, 6) is 0.519. The smallest absolute Gasteiger partial charge is 0.0729 e. The van der Waals surface area contributed by atoms with Crippen molar-refractivity contribution in [2.24, 2.45) is 11.7 Å². The number of nitrogens with two attached hydrogens (primary N) is 1. The summed E-state index contributed by atoms with van der Waals surface area (Å²) < 4.78 is 5.40. The molecule has 1 rings (SSSR count). The molecule has 0 aromatic heterocycles. The summed E-state index contributed by atoms with van der Waals surface area (Å²) in [6, 6.07) is 0. The van der Waals surface area contributed by atoms with Crippen LogP contribution in [0.1, 0.15) is 27.2 Å². The number of rotatable bonds is 1. The zero-order chi connectivity index (χ0) is 7.78. The van der Waals surface area contributed by atoms with E-state index < -0.39 is 0 Å². The molecule has 0 spiro atoms. The second-order valence-electron chi connectivity index (χ2n) is 3.53. The van der Waals surface area contributed by atoms with Crippen LogP contribution in [-0.2, 0) is 4.74 Å². The van der Waals surface area contributed by atoms with Gasteiger partial charge < -0.3 is 10.5 Å². The molecule has 1 saturated heterocycles. The van der Waals surface area contributed by atoms with E-state index >= 15 is 0 Å². The maximum Gasteiger partial charge on any atom is 0.0729 e. The van der Waals surface area contributed by atoms with Gasteiger partial charge in [-0.2, -0.15) is 0 Å². The lowest BCUT2D eigenvalue weighted by atomic mass is 9.82. The van der Waals surface area contributed by atoms with Crippen LogP contribution in [0, 0.1) is 5.92 Å². The third-order valence-corrected chi connectivity index (χ3v) is 2.73. The highest BCUT2D eigenvalue weighted by atomic mass is 16.5. The molecular weight excluding hydrogens is 126 g/mol. The van der Waals surface area contributed by atoms with E-state index in [0.29, 0.717) is 5.92 Å². The van der Waals surface area contributed by atoms with Crippen molar-refractivity contribution in [3.8, 4) is 0 Å². The first-order chi connectivity index (χ1) is 4.57. The lowest BCUT2D eigenvalue weighted by molar-refractivity contribution is 0.0809. The van der Waals surface area contributed by atoms with Crippen LogP contribution in [-0.4, -0.2) is 18.2 Å². The van der Waals surface area contributed by atoms with Gasteiger partial charge >= 0.3 is 0 Å². The summed E-state index contributed by atoms with van der Waals surface area (Å²) in [6.07, 6.45) is 1.23. The fraction of sp³-hybridized carbons (Fsp3) is 1.00. The molecule has 2 N–H and O–H groups in total. The molecule has 1 heterocycles. The van der Waals surface area contributed by atoms with Gasteiger partial charge in [-0.25, -0.2) is 0 Å². The Balaban J connectivity index is 2.66. The van der Waals surface area contributed by atoms with Gasteiger partial charge in [-0.1, -0.05) is 13.8 Å². The molecule has 2 nitrogen and oxygen atoms in total. The quantitative estimate of drug-likeness (QED) is 0.597. The molecular formula is C8H17NO. The summed E-state index contributed by atoms with van der Waals surface area (Å²) in [5, 5.41) is 0. The van der Waals surface area contributed by atoms with Crippen molar-refractivity contribution in [3.05, 3.63) is 0 Å². The molecule has 0 aliphatic carbocycles. The van der Waals surface area contributed by atoms with Crippen molar-refractivity contribution >= 4 is 0 Å². The maximum absolute atomic E-state index is 6.12. The second-order valence-corrected chi connectivity index (χ2v) is 3.53. The highest BCUT2D eigenvalue weighted by Gasteiger charge is 2.40. The van der Waals surface area contributed by atoms with Crippen molar-refractivity contribution in [3.63, 3.8) is 0 Å². The van der Waals surface area contributed by atoms with Gasteiger partial charge in [-0.3, -0.25) is 0 Å². The fourth-order valence-electron chi connectivity index (χ4n) is 1.53. The van der Waals surface area contributed by atoms with Crippen LogP contribution in [0.5, 0.6) is 0 Å². The molecule has 0 aromatic rings. The van der Waals surface area contributed by atoms with Gasteiger partial charge in [0.25, 0.3) is 0 Å². The fourth-order valence-corrected chi connectivity index (χ4v) is 1.53. The third-order valence-electron chi connectivity index (χ3n) is 2.73. The summed E-state index contributed by atoms with van der Waals surface area (Å²) in [5.41, 5.74) is 6.05. The Kier molecular flexibility index (Phi) is 2.02. The summed E-state index contributed by atoms with van der Waals surface area (Å²) in [6.45, 7) is 7.21. The molecule has 0 bridgehead atoms. The first kappa shape index (κ1) is 8.02. The SMILES string of the molecule is CC(C)C1(N)CCOC1C. The van der Waals surface area contributed by atoms with Crippen molar-refractivity contribution in [2.75, 3.05) is 6.61 Å². The minimum absolute atomic E-state index is 0.0694. The summed E-state index contributed by atoms with van der Waals surface area (Å²) >= 11 is 0. The van der Waals surface area contributed by atoms with Gasteiger partial charge in [-0.15, -0.1) is 0 Å². The largest absolute Gasteiger partial charge is 0.377 e. The van der Waals surface area contributed by atoms with Crippen molar-refractivity contribution < 1.29 is 4.74 Å². The average molecular weight is 143 g/mol. The lowest BCUT2D eigenvalue weighted by Crippen LogP contribution is -2.50. The van der Waals surface area contributed by atoms with Crippen molar-refractivity contribution in [2.45, 2.75) is 38.8 Å². The minimum Gasteiger partial charge on any atom is -0.377 e. The number of hydrogen-bond acceptors (Lipinski definition) is 2. The Morgan fingerprint density at radius 3 is 2.40 bits per heavy atom. The van der Waals surface area contributed by atoms with Gasteiger partial charge in [0.15, 0.2) is 0 Å². The van der Waals surface area contributed by atoms with E-state index in [-0.39, 0.29) is 11.6 Å². The Hall–Kier alpha value is -0.0800. The van der Waals surface area contributed by atoms with Crippen LogP contribution >= 0.6 is 0 Å². The van der Waals surface area contributed by atoms with Crippen LogP contribution in [0.3, 0.4) is 0 Å². The van der Waals surface area contributed by atoms with Gasteiger partial charge in [0.05, 0.1) is 6.10 Å². The van der Waals surface area contributed by atoms with Crippen LogP contribution in [0.25, 0.3) is 0 Å². The molecule has 10 heavy (non-hydrogen) atoms. The topological polar surface area (TPSA) is 35.2 Å². The molecule has 60 valence electrons. The predicted octanol–water partition coefficient (Wildman–Crippen LogP) is 1.15. The molecule has 2 unspecified atom stereocenters. The van der Waals surface area contributed by atoms with Gasteiger partial charge in [0, 0.05) is 12.1 Å². The Morgan fingerprint density at radius 1 is 1.60 bits per heavy atom. The van der Waals surface area contributed by atoms with E-state index in [2.05, 4.69) is 20.8 Å². The maximum atomic E-state index is 6.12. The zero-order valence-corrected chi connectivity index (χ0v) is 7.05. The Bertz CT molecular complexity index is 124. The highest BCUT2D eigenvalue weighted by Crippen LogP contribution is 2.29. The van der Waals surface area contributed by atoms with Gasteiger partial charge in [0.2, 0.25) is 0 Å². The number of ether oxygens (including phenoxy) is 1. The van der Waals surface area contributed by atoms with E-state index in [0.717, 1.165) is 13.0 Å². The predicted molar refractivity (Wildman–Crippen MR) is 41.8 cm³/mol. The Morgan fingerprint density at radius 2 is 2.20 bits per heavy atom. The molecule has 0 amide bonds. The monoisotopic (exact) mass is 143 g/mol. The zero-order valence-electron chi connectivity index (χ0n) is 7.05. The van der Waals surface area contributed by atoms with Crippen LogP contribution in [0.15, 0.2) is 0 Å². The minimum atomic E-state index is -0.0694. The van der Waals surface area contributed by atoms with E-state index in [1.54, 1.807) is 0 Å². The lowest BCUT2D eigenvalue weighted by Gasteiger charge is -2.31. The molecule has 1 aliphatic heterocycles. The van der Waals surface area contributed by atoms with Crippen LogP contribution < -0.4 is 5.73 Å². The van der Waals surface area contributed by atoms with E-state index in [9.17, 15) is 0 Å². The Labute approximate surface area is 62.7 Å². The highest BCUT2D eigenvalue weighted by molar-refractivity contribution is 4.96. The van der Waals surface area contributed by atoms with Crippen molar-refractivity contribution in [1.82, 2.24) is 0 Å². The molecule has 1 fully saturated rings. The normalized spacial score (nSPS) is 41.1. The third kappa shape index (κ3) is 1.06. The molecule has 2 heteroatoms. The number of hydrogen-bond donors (Lipinski definition) is 1.